The number of allylic oxidation sites excluding steroid dienone is 3. The summed E-state index contributed by atoms with van der Waals surface area (Å²) in [5.74, 6) is 4.55. The van der Waals surface area contributed by atoms with Gasteiger partial charge < -0.3 is 4.74 Å². The monoisotopic (exact) mass is 454 g/mol. The second kappa shape index (κ2) is 15.4. The Bertz CT molecular complexity index is 627. The first-order valence-corrected chi connectivity index (χ1v) is 13.9. The Morgan fingerprint density at radius 1 is 0.758 bits per heavy atom. The lowest BCUT2D eigenvalue weighted by atomic mass is 9.69. The molecule has 33 heavy (non-hydrogen) atoms. The highest BCUT2D eigenvalue weighted by molar-refractivity contribution is 5.72. The van der Waals surface area contributed by atoms with Crippen LogP contribution >= 0.6 is 0 Å². The number of esters is 1. The van der Waals surface area contributed by atoms with Gasteiger partial charge in [-0.1, -0.05) is 69.8 Å². The Balaban J connectivity index is 0.00000187. The van der Waals surface area contributed by atoms with Crippen molar-refractivity contribution < 1.29 is 9.53 Å². The molecular formula is C31H50O2. The van der Waals surface area contributed by atoms with Crippen LogP contribution in [0.2, 0.25) is 0 Å². The first-order valence-electron chi connectivity index (χ1n) is 13.9. The summed E-state index contributed by atoms with van der Waals surface area (Å²) in [5.41, 5.74) is 1.58. The molecule has 0 spiro atoms. The van der Waals surface area contributed by atoms with Gasteiger partial charge in [-0.05, 0) is 94.3 Å². The van der Waals surface area contributed by atoms with Crippen molar-refractivity contribution in [3.8, 4) is 12.8 Å². The van der Waals surface area contributed by atoms with E-state index in [0.29, 0.717) is 6.61 Å². The van der Waals surface area contributed by atoms with Gasteiger partial charge >= 0.3 is 5.97 Å². The second-order valence-electron chi connectivity index (χ2n) is 11.1. The normalized spacial score (nSPS) is 33.5. The molecule has 3 rings (SSSR count). The van der Waals surface area contributed by atoms with Crippen molar-refractivity contribution in [1.29, 1.82) is 0 Å². The molecule has 0 aromatic carbocycles. The summed E-state index contributed by atoms with van der Waals surface area (Å²) < 4.78 is 5.63. The fraction of sp³-hybridized carbons (Fsp3) is 0.774. The van der Waals surface area contributed by atoms with Crippen LogP contribution in [0.5, 0.6) is 0 Å². The number of ether oxygens (including phenoxy) is 1. The molecule has 0 bridgehead atoms. The Morgan fingerprint density at radius 2 is 1.30 bits per heavy atom. The van der Waals surface area contributed by atoms with Crippen LogP contribution in [0.15, 0.2) is 23.8 Å². The molecule has 0 heterocycles. The van der Waals surface area contributed by atoms with Crippen LogP contribution < -0.4 is 0 Å². The number of carbonyl (C=O) groups excluding carboxylic acids is 1. The topological polar surface area (TPSA) is 26.3 Å². The molecule has 2 atom stereocenters. The molecule has 2 unspecified atom stereocenters. The highest BCUT2D eigenvalue weighted by Gasteiger charge is 2.32. The van der Waals surface area contributed by atoms with E-state index in [1.807, 2.05) is 0 Å². The quantitative estimate of drug-likeness (QED) is 0.167. The van der Waals surface area contributed by atoms with E-state index in [-0.39, 0.29) is 11.9 Å². The molecular weight excluding hydrogens is 404 g/mol. The molecule has 3 saturated carbocycles. The molecule has 186 valence electrons. The van der Waals surface area contributed by atoms with Gasteiger partial charge in [-0.25, -0.2) is 0 Å². The number of rotatable bonds is 7. The summed E-state index contributed by atoms with van der Waals surface area (Å²) in [6.45, 7) is 7.42. The molecule has 3 fully saturated rings. The van der Waals surface area contributed by atoms with Crippen LogP contribution in [0.4, 0.5) is 0 Å². The maximum atomic E-state index is 12.5. The van der Waals surface area contributed by atoms with Gasteiger partial charge in [0.2, 0.25) is 0 Å². The number of carbonyl (C=O) groups is 1. The molecule has 0 amide bonds. The van der Waals surface area contributed by atoms with Gasteiger partial charge in [0.1, 0.15) is 6.61 Å². The van der Waals surface area contributed by atoms with Crippen LogP contribution in [0, 0.1) is 48.4 Å². The van der Waals surface area contributed by atoms with E-state index in [1.165, 1.54) is 70.6 Å². The maximum Gasteiger partial charge on any atom is 0.309 e. The number of hydrogen-bond acceptors (Lipinski definition) is 2. The van der Waals surface area contributed by atoms with E-state index in [1.54, 1.807) is 5.57 Å². The Labute approximate surface area is 205 Å². The molecule has 0 aromatic heterocycles. The van der Waals surface area contributed by atoms with E-state index >= 15 is 0 Å². The number of hydrogen-bond donors (Lipinski definition) is 0. The molecule has 0 N–H and O–H groups in total. The van der Waals surface area contributed by atoms with Gasteiger partial charge in [0.25, 0.3) is 0 Å². The van der Waals surface area contributed by atoms with E-state index in [2.05, 4.69) is 51.8 Å². The summed E-state index contributed by atoms with van der Waals surface area (Å²) in [7, 11) is 0. The predicted octanol–water partition coefficient (Wildman–Crippen LogP) is 8.52. The van der Waals surface area contributed by atoms with Gasteiger partial charge in [0, 0.05) is 0 Å². The minimum Gasteiger partial charge on any atom is -0.461 e. The van der Waals surface area contributed by atoms with Crippen molar-refractivity contribution >= 4 is 5.97 Å². The molecule has 0 saturated heterocycles. The lowest BCUT2D eigenvalue weighted by Gasteiger charge is -2.36. The zero-order valence-electron chi connectivity index (χ0n) is 21.8. The maximum absolute atomic E-state index is 12.5. The predicted molar refractivity (Wildman–Crippen MR) is 141 cm³/mol. The van der Waals surface area contributed by atoms with Gasteiger partial charge in [0.15, 0.2) is 0 Å². The fourth-order valence-corrected chi connectivity index (χ4v) is 6.50. The van der Waals surface area contributed by atoms with Crippen LogP contribution in [-0.4, -0.2) is 12.6 Å². The number of terminal acetylenes is 1. The average Bonchev–Trinajstić information content (AvgIpc) is 3.07. The zero-order valence-corrected chi connectivity index (χ0v) is 21.8. The van der Waals surface area contributed by atoms with Crippen molar-refractivity contribution in [2.24, 2.45) is 35.5 Å². The lowest BCUT2D eigenvalue weighted by molar-refractivity contribution is -0.148. The third-order valence-electron chi connectivity index (χ3n) is 8.83. The fourth-order valence-electron chi connectivity index (χ4n) is 6.50. The third-order valence-corrected chi connectivity index (χ3v) is 8.83. The van der Waals surface area contributed by atoms with Crippen LogP contribution in [0.25, 0.3) is 0 Å². The summed E-state index contributed by atoms with van der Waals surface area (Å²) in [6, 6.07) is 0. The standard InChI is InChI=1S/C29H48O2.C2H2/c1-4-24(25-10-7-8-22(2)11-14-25)9-5-6-21-31-29(30)28-19-17-27(18-20-28)26-15-12-23(3)13-16-26;1-2/h4-6,22-23,25-28H,7-21H2,1-3H3;1-2H/b6-5-,24-4+;. The van der Waals surface area contributed by atoms with Gasteiger partial charge in [-0.15, -0.1) is 12.8 Å². The van der Waals surface area contributed by atoms with Crippen LogP contribution in [0.1, 0.15) is 111 Å². The van der Waals surface area contributed by atoms with E-state index in [4.69, 9.17) is 4.74 Å². The zero-order chi connectivity index (χ0) is 24.1. The first-order chi connectivity index (χ1) is 16.1. The summed E-state index contributed by atoms with van der Waals surface area (Å²) in [6.07, 6.45) is 32.6. The largest absolute Gasteiger partial charge is 0.461 e. The molecule has 3 aliphatic carbocycles. The van der Waals surface area contributed by atoms with Crippen molar-refractivity contribution in [2.75, 3.05) is 6.61 Å². The van der Waals surface area contributed by atoms with Gasteiger partial charge in [-0.3, -0.25) is 4.79 Å². The Morgan fingerprint density at radius 3 is 1.94 bits per heavy atom. The van der Waals surface area contributed by atoms with Gasteiger partial charge in [0.05, 0.1) is 5.92 Å². The van der Waals surface area contributed by atoms with E-state index < -0.39 is 0 Å². The Kier molecular flexibility index (Phi) is 13.0. The van der Waals surface area contributed by atoms with Crippen LogP contribution in [0.3, 0.4) is 0 Å². The van der Waals surface area contributed by atoms with Crippen molar-refractivity contribution in [3.63, 3.8) is 0 Å². The first kappa shape index (κ1) is 27.8. The minimum absolute atomic E-state index is 0.0457. The molecule has 0 aromatic rings. The summed E-state index contributed by atoms with van der Waals surface area (Å²) in [4.78, 5) is 12.5. The molecule has 0 radical (unpaired) electrons. The smallest absolute Gasteiger partial charge is 0.309 e. The van der Waals surface area contributed by atoms with Crippen molar-refractivity contribution in [2.45, 2.75) is 111 Å². The van der Waals surface area contributed by atoms with E-state index in [0.717, 1.165) is 48.9 Å². The molecule has 2 heteroatoms. The van der Waals surface area contributed by atoms with Gasteiger partial charge in [-0.2, -0.15) is 0 Å². The van der Waals surface area contributed by atoms with Crippen molar-refractivity contribution in [3.05, 3.63) is 23.8 Å². The molecule has 2 nitrogen and oxygen atoms in total. The van der Waals surface area contributed by atoms with Crippen LogP contribution in [-0.2, 0) is 9.53 Å². The minimum atomic E-state index is 0.0457. The third kappa shape index (κ3) is 9.35. The highest BCUT2D eigenvalue weighted by Crippen LogP contribution is 2.41. The Hall–Kier alpha value is -1.49. The molecule has 3 aliphatic rings. The SMILES string of the molecule is C#C.C/C=C(\C/C=C\COC(=O)C1CCC(C2CCC(C)CC2)CC1)C1CCCC(C)CC1. The second-order valence-corrected chi connectivity index (χ2v) is 11.1. The highest BCUT2D eigenvalue weighted by atomic mass is 16.5. The van der Waals surface area contributed by atoms with E-state index in [9.17, 15) is 4.79 Å². The summed E-state index contributed by atoms with van der Waals surface area (Å²) >= 11 is 0. The van der Waals surface area contributed by atoms with Crippen molar-refractivity contribution in [1.82, 2.24) is 0 Å². The molecule has 0 aliphatic heterocycles. The average molecular weight is 455 g/mol. The lowest BCUT2D eigenvalue weighted by Crippen LogP contribution is -2.28. The summed E-state index contributed by atoms with van der Waals surface area (Å²) in [5, 5.41) is 0.